The molecule has 0 saturated heterocycles. The van der Waals surface area contributed by atoms with Crippen LogP contribution in [-0.2, 0) is 0 Å². The first-order valence-corrected chi connectivity index (χ1v) is 6.92. The van der Waals surface area contributed by atoms with Crippen LogP contribution in [0.5, 0.6) is 0 Å². The standard InChI is InChI=1S/C13H25N3/c14-16-13(15-12-7-3-4-8-12)10-9-11-5-1-2-6-11/h11-12H,1-10,14H2,(H,15,16). The normalized spacial score (nSPS) is 24.2. The number of amidine groups is 1. The molecule has 16 heavy (non-hydrogen) atoms. The topological polar surface area (TPSA) is 50.4 Å². The molecule has 0 aromatic rings. The van der Waals surface area contributed by atoms with E-state index in [1.165, 1.54) is 57.8 Å². The summed E-state index contributed by atoms with van der Waals surface area (Å²) in [7, 11) is 0. The van der Waals surface area contributed by atoms with E-state index in [2.05, 4.69) is 5.43 Å². The summed E-state index contributed by atoms with van der Waals surface area (Å²) in [6.07, 6.45) is 13.2. The molecule has 3 heteroatoms. The largest absolute Gasteiger partial charge is 0.312 e. The van der Waals surface area contributed by atoms with Crippen molar-refractivity contribution in [3.05, 3.63) is 0 Å². The van der Waals surface area contributed by atoms with E-state index >= 15 is 0 Å². The van der Waals surface area contributed by atoms with Gasteiger partial charge in [-0.05, 0) is 25.2 Å². The van der Waals surface area contributed by atoms with Gasteiger partial charge in [-0.1, -0.05) is 38.5 Å². The molecule has 2 saturated carbocycles. The molecule has 0 spiro atoms. The van der Waals surface area contributed by atoms with Gasteiger partial charge in [-0.3, -0.25) is 4.99 Å². The van der Waals surface area contributed by atoms with Gasteiger partial charge in [0.2, 0.25) is 0 Å². The predicted octanol–water partition coefficient (Wildman–Crippen LogP) is 2.76. The van der Waals surface area contributed by atoms with Gasteiger partial charge in [0, 0.05) is 6.42 Å². The molecule has 2 aliphatic carbocycles. The predicted molar refractivity (Wildman–Crippen MR) is 68.2 cm³/mol. The van der Waals surface area contributed by atoms with Crippen molar-refractivity contribution in [1.29, 1.82) is 0 Å². The second-order valence-electron chi connectivity index (χ2n) is 5.35. The Bertz CT molecular complexity index is 225. The van der Waals surface area contributed by atoms with Crippen molar-refractivity contribution in [3.8, 4) is 0 Å². The highest BCUT2D eigenvalue weighted by Gasteiger charge is 2.17. The molecule has 0 aromatic heterocycles. The fraction of sp³-hybridized carbons (Fsp3) is 0.923. The van der Waals surface area contributed by atoms with Crippen LogP contribution >= 0.6 is 0 Å². The number of hydrazine groups is 1. The van der Waals surface area contributed by atoms with Gasteiger partial charge in [-0.2, -0.15) is 0 Å². The number of rotatable bonds is 4. The van der Waals surface area contributed by atoms with Crippen molar-refractivity contribution in [3.63, 3.8) is 0 Å². The fourth-order valence-electron chi connectivity index (χ4n) is 3.07. The number of aliphatic imine (C=N–C) groups is 1. The van der Waals surface area contributed by atoms with Crippen LogP contribution in [0.2, 0.25) is 0 Å². The van der Waals surface area contributed by atoms with E-state index in [0.29, 0.717) is 6.04 Å². The smallest absolute Gasteiger partial charge is 0.111 e. The number of nitrogens with two attached hydrogens (primary N) is 1. The van der Waals surface area contributed by atoms with E-state index in [4.69, 9.17) is 10.8 Å². The molecule has 0 amide bonds. The molecule has 0 unspecified atom stereocenters. The summed E-state index contributed by atoms with van der Waals surface area (Å²) in [5, 5.41) is 0. The Morgan fingerprint density at radius 2 is 1.69 bits per heavy atom. The summed E-state index contributed by atoms with van der Waals surface area (Å²) in [6, 6.07) is 0.551. The maximum absolute atomic E-state index is 5.55. The summed E-state index contributed by atoms with van der Waals surface area (Å²) in [6.45, 7) is 0. The van der Waals surface area contributed by atoms with Crippen molar-refractivity contribution in [1.82, 2.24) is 5.43 Å². The van der Waals surface area contributed by atoms with Crippen LogP contribution in [0.4, 0.5) is 0 Å². The Balaban J connectivity index is 1.75. The Hall–Kier alpha value is -0.570. The Labute approximate surface area is 98.9 Å². The van der Waals surface area contributed by atoms with Crippen LogP contribution in [0.3, 0.4) is 0 Å². The molecule has 3 nitrogen and oxygen atoms in total. The lowest BCUT2D eigenvalue weighted by Gasteiger charge is -2.12. The van der Waals surface area contributed by atoms with E-state index in [0.717, 1.165) is 18.2 Å². The average molecular weight is 223 g/mol. The van der Waals surface area contributed by atoms with Gasteiger partial charge in [0.15, 0.2) is 0 Å². The highest BCUT2D eigenvalue weighted by Crippen LogP contribution is 2.28. The van der Waals surface area contributed by atoms with Crippen LogP contribution in [0.1, 0.15) is 64.2 Å². The maximum Gasteiger partial charge on any atom is 0.111 e. The van der Waals surface area contributed by atoms with Crippen LogP contribution in [0.25, 0.3) is 0 Å². The van der Waals surface area contributed by atoms with Gasteiger partial charge in [-0.25, -0.2) is 5.84 Å². The summed E-state index contributed by atoms with van der Waals surface area (Å²) in [5.74, 6) is 7.53. The van der Waals surface area contributed by atoms with E-state index in [1.54, 1.807) is 0 Å². The third kappa shape index (κ3) is 3.48. The van der Waals surface area contributed by atoms with E-state index in [9.17, 15) is 0 Å². The maximum atomic E-state index is 5.55. The lowest BCUT2D eigenvalue weighted by Crippen LogP contribution is -2.31. The zero-order valence-corrected chi connectivity index (χ0v) is 10.3. The van der Waals surface area contributed by atoms with Crippen molar-refractivity contribution < 1.29 is 0 Å². The van der Waals surface area contributed by atoms with Crippen LogP contribution in [-0.4, -0.2) is 11.9 Å². The molecule has 0 radical (unpaired) electrons. The highest BCUT2D eigenvalue weighted by molar-refractivity contribution is 5.81. The minimum Gasteiger partial charge on any atom is -0.312 e. The molecule has 0 heterocycles. The van der Waals surface area contributed by atoms with E-state index in [1.807, 2.05) is 0 Å². The average Bonchev–Trinajstić information content (AvgIpc) is 2.97. The quantitative estimate of drug-likeness (QED) is 0.333. The van der Waals surface area contributed by atoms with Crippen molar-refractivity contribution >= 4 is 5.84 Å². The van der Waals surface area contributed by atoms with Crippen LogP contribution < -0.4 is 11.3 Å². The Morgan fingerprint density at radius 3 is 2.31 bits per heavy atom. The molecule has 3 N–H and O–H groups in total. The molecule has 92 valence electrons. The number of hydrogen-bond acceptors (Lipinski definition) is 2. The monoisotopic (exact) mass is 223 g/mol. The van der Waals surface area contributed by atoms with Gasteiger partial charge in [0.1, 0.15) is 5.84 Å². The third-order valence-electron chi connectivity index (χ3n) is 4.09. The minimum absolute atomic E-state index is 0.551. The van der Waals surface area contributed by atoms with Crippen LogP contribution in [0.15, 0.2) is 4.99 Å². The number of hydrogen-bond donors (Lipinski definition) is 2. The molecule has 0 aliphatic heterocycles. The number of nitrogens with one attached hydrogen (secondary N) is 1. The first kappa shape index (κ1) is 11.9. The molecule has 0 bridgehead atoms. The fourth-order valence-corrected chi connectivity index (χ4v) is 3.07. The summed E-state index contributed by atoms with van der Waals surface area (Å²) in [4.78, 5) is 4.74. The third-order valence-corrected chi connectivity index (χ3v) is 4.09. The molecular formula is C13H25N3. The van der Waals surface area contributed by atoms with Crippen molar-refractivity contribution in [2.24, 2.45) is 16.8 Å². The van der Waals surface area contributed by atoms with E-state index < -0.39 is 0 Å². The van der Waals surface area contributed by atoms with Gasteiger partial charge in [0.05, 0.1) is 6.04 Å². The Morgan fingerprint density at radius 1 is 1.06 bits per heavy atom. The second-order valence-corrected chi connectivity index (χ2v) is 5.35. The van der Waals surface area contributed by atoms with Gasteiger partial charge >= 0.3 is 0 Å². The molecule has 0 aromatic carbocycles. The minimum atomic E-state index is 0.551. The lowest BCUT2D eigenvalue weighted by molar-refractivity contribution is 0.511. The van der Waals surface area contributed by atoms with E-state index in [-0.39, 0.29) is 0 Å². The first-order chi connectivity index (χ1) is 7.88. The summed E-state index contributed by atoms with van der Waals surface area (Å²) < 4.78 is 0. The summed E-state index contributed by atoms with van der Waals surface area (Å²) in [5.41, 5.74) is 2.80. The Kier molecular flexibility index (Phi) is 4.64. The van der Waals surface area contributed by atoms with Crippen LogP contribution in [0, 0.1) is 5.92 Å². The molecule has 2 fully saturated rings. The molecule has 2 rings (SSSR count). The zero-order chi connectivity index (χ0) is 11.2. The summed E-state index contributed by atoms with van der Waals surface area (Å²) >= 11 is 0. The molecular weight excluding hydrogens is 198 g/mol. The first-order valence-electron chi connectivity index (χ1n) is 6.92. The van der Waals surface area contributed by atoms with Crippen molar-refractivity contribution in [2.75, 3.05) is 0 Å². The second kappa shape index (κ2) is 6.24. The van der Waals surface area contributed by atoms with Gasteiger partial charge in [-0.15, -0.1) is 0 Å². The number of nitrogens with zero attached hydrogens (tertiary/aromatic N) is 1. The molecule has 2 aliphatic rings. The van der Waals surface area contributed by atoms with Crippen molar-refractivity contribution in [2.45, 2.75) is 70.3 Å². The lowest BCUT2D eigenvalue weighted by atomic mass is 10.0. The zero-order valence-electron chi connectivity index (χ0n) is 10.3. The SMILES string of the molecule is NNC(CCC1CCCC1)=NC1CCCC1. The molecule has 0 atom stereocenters. The highest BCUT2D eigenvalue weighted by atomic mass is 15.3. The van der Waals surface area contributed by atoms with Gasteiger partial charge < -0.3 is 5.43 Å². The van der Waals surface area contributed by atoms with Gasteiger partial charge in [0.25, 0.3) is 0 Å².